The van der Waals surface area contributed by atoms with Gasteiger partial charge in [-0.05, 0) is 61.9 Å². The molecule has 2 aromatic rings. The fraction of sp³-hybridized carbons (Fsp3) is 0.320. The van der Waals surface area contributed by atoms with E-state index >= 15 is 0 Å². The highest BCUT2D eigenvalue weighted by molar-refractivity contribution is 7.17. The van der Waals surface area contributed by atoms with Gasteiger partial charge in [0.15, 0.2) is 11.5 Å². The summed E-state index contributed by atoms with van der Waals surface area (Å²) >= 11 is 7.65. The highest BCUT2D eigenvalue weighted by atomic mass is 35.5. The number of halogens is 1. The summed E-state index contributed by atoms with van der Waals surface area (Å²) in [7, 11) is 1.44. The number of aryl methyl sites for hydroxylation is 1. The maximum absolute atomic E-state index is 13.0. The van der Waals surface area contributed by atoms with Gasteiger partial charge in [0.1, 0.15) is 23.3 Å². The van der Waals surface area contributed by atoms with Crippen LogP contribution in [0.25, 0.3) is 6.08 Å². The van der Waals surface area contributed by atoms with Crippen LogP contribution in [-0.4, -0.2) is 32.2 Å². The molecule has 0 radical (unpaired) electrons. The second-order valence-corrected chi connectivity index (χ2v) is 8.80. The molecule has 0 saturated carbocycles. The molecule has 1 aromatic heterocycles. The molecule has 1 aliphatic rings. The Morgan fingerprint density at radius 2 is 2.09 bits per heavy atom. The number of rotatable bonds is 8. The number of thiophene rings is 1. The van der Waals surface area contributed by atoms with E-state index in [1.165, 1.54) is 30.6 Å². The monoisotopic (exact) mass is 498 g/mol. The topological polar surface area (TPSA) is 97.7 Å². The van der Waals surface area contributed by atoms with Crippen LogP contribution in [0.2, 0.25) is 5.02 Å². The molecule has 0 bridgehead atoms. The van der Waals surface area contributed by atoms with Crippen molar-refractivity contribution in [1.29, 1.82) is 5.26 Å². The number of ether oxygens (including phenoxy) is 3. The number of nitriles is 1. The third-order valence-corrected chi connectivity index (χ3v) is 6.59. The van der Waals surface area contributed by atoms with Crippen LogP contribution >= 0.6 is 22.9 Å². The third-order valence-electron chi connectivity index (χ3n) is 5.11. The lowest BCUT2D eigenvalue weighted by Gasteiger charge is -2.12. The van der Waals surface area contributed by atoms with E-state index in [4.69, 9.17) is 32.2 Å². The Balaban J connectivity index is 1.92. The van der Waals surface area contributed by atoms with Crippen LogP contribution in [0.5, 0.6) is 11.5 Å². The summed E-state index contributed by atoms with van der Waals surface area (Å²) in [4.78, 5) is 26.7. The molecule has 1 heterocycles. The number of carbonyl (C=O) groups is 2. The van der Waals surface area contributed by atoms with Crippen molar-refractivity contribution in [2.45, 2.75) is 32.6 Å². The summed E-state index contributed by atoms with van der Waals surface area (Å²) in [6.07, 6.45) is 10.2. The summed E-state index contributed by atoms with van der Waals surface area (Å²) in [5.74, 6) is 1.81. The Bertz CT molecular complexity index is 1220. The first-order valence-electron chi connectivity index (χ1n) is 10.6. The molecule has 0 atom stereocenters. The fourth-order valence-electron chi connectivity index (χ4n) is 3.64. The number of anilines is 1. The minimum absolute atomic E-state index is 0.00467. The van der Waals surface area contributed by atoms with Crippen LogP contribution < -0.4 is 14.8 Å². The number of esters is 1. The number of nitrogens with zero attached hydrogens (tertiary/aromatic N) is 1. The number of terminal acetylenes is 1. The standard InChI is InChI=1S/C25H23ClN2O5S/c1-4-10-33-22-18(26)12-15(13-19(22)31-3)11-16(14-27)23(29)28-24-21(25(30)32-5-2)17-8-6-7-9-20(17)34-24/h1,11-13H,5-10H2,2-3H3,(H,28,29)/b16-11+. The number of carbonyl (C=O) groups excluding carboxylic acids is 2. The molecule has 0 fully saturated rings. The second kappa shape index (κ2) is 11.6. The number of hydrogen-bond donors (Lipinski definition) is 1. The van der Waals surface area contributed by atoms with Crippen molar-refractivity contribution in [3.8, 4) is 29.9 Å². The zero-order valence-electron chi connectivity index (χ0n) is 18.8. The van der Waals surface area contributed by atoms with Crippen molar-refractivity contribution in [2.75, 3.05) is 25.6 Å². The first-order valence-corrected chi connectivity index (χ1v) is 11.8. The SMILES string of the molecule is C#CCOc1c(Cl)cc(/C=C(\C#N)C(=O)Nc2sc3c(c2C(=O)OCC)CCCC3)cc1OC. The molecule has 1 aromatic carbocycles. The smallest absolute Gasteiger partial charge is 0.341 e. The predicted molar refractivity (Wildman–Crippen MR) is 131 cm³/mol. The fourth-order valence-corrected chi connectivity index (χ4v) is 5.18. The van der Waals surface area contributed by atoms with Crippen LogP contribution in [0, 0.1) is 23.7 Å². The van der Waals surface area contributed by atoms with E-state index in [-0.39, 0.29) is 29.6 Å². The third kappa shape index (κ3) is 5.53. The Kier molecular flexibility index (Phi) is 8.59. The highest BCUT2D eigenvalue weighted by Gasteiger charge is 2.28. The van der Waals surface area contributed by atoms with Gasteiger partial charge in [-0.3, -0.25) is 4.79 Å². The number of benzene rings is 1. The Hall–Kier alpha value is -3.46. The second-order valence-electron chi connectivity index (χ2n) is 7.29. The van der Waals surface area contributed by atoms with E-state index < -0.39 is 11.9 Å². The van der Waals surface area contributed by atoms with Gasteiger partial charge in [-0.2, -0.15) is 5.26 Å². The van der Waals surface area contributed by atoms with Gasteiger partial charge in [-0.25, -0.2) is 4.79 Å². The molecular weight excluding hydrogens is 476 g/mol. The minimum Gasteiger partial charge on any atom is -0.493 e. The average molecular weight is 499 g/mol. The molecule has 0 saturated heterocycles. The van der Waals surface area contributed by atoms with Crippen LogP contribution in [-0.2, 0) is 22.4 Å². The van der Waals surface area contributed by atoms with Crippen molar-refractivity contribution in [3.63, 3.8) is 0 Å². The Labute approximate surface area is 207 Å². The van der Waals surface area contributed by atoms with Gasteiger partial charge in [0, 0.05) is 4.88 Å². The zero-order valence-corrected chi connectivity index (χ0v) is 20.4. The average Bonchev–Trinajstić information content (AvgIpc) is 3.19. The Morgan fingerprint density at radius 3 is 2.76 bits per heavy atom. The van der Waals surface area contributed by atoms with E-state index in [1.807, 2.05) is 6.07 Å². The van der Waals surface area contributed by atoms with Gasteiger partial charge in [0.05, 0.1) is 24.3 Å². The number of fused-ring (bicyclic) bond motifs is 1. The molecule has 1 amide bonds. The molecule has 9 heteroatoms. The maximum atomic E-state index is 13.0. The van der Waals surface area contributed by atoms with Crippen LogP contribution in [0.4, 0.5) is 5.00 Å². The Morgan fingerprint density at radius 1 is 1.32 bits per heavy atom. The summed E-state index contributed by atoms with van der Waals surface area (Å²) in [5.41, 5.74) is 1.59. The van der Waals surface area contributed by atoms with Crippen LogP contribution in [0.15, 0.2) is 17.7 Å². The van der Waals surface area contributed by atoms with Crippen molar-refractivity contribution in [2.24, 2.45) is 0 Å². The van der Waals surface area contributed by atoms with E-state index in [1.54, 1.807) is 13.0 Å². The van der Waals surface area contributed by atoms with Gasteiger partial charge in [-0.15, -0.1) is 17.8 Å². The molecular formula is C25H23ClN2O5S. The van der Waals surface area contributed by atoms with Crippen LogP contribution in [0.3, 0.4) is 0 Å². The summed E-state index contributed by atoms with van der Waals surface area (Å²) in [6, 6.07) is 5.02. The number of methoxy groups -OCH3 is 1. The van der Waals surface area contributed by atoms with Gasteiger partial charge >= 0.3 is 5.97 Å². The van der Waals surface area contributed by atoms with Crippen molar-refractivity contribution in [3.05, 3.63) is 44.3 Å². The van der Waals surface area contributed by atoms with Crippen molar-refractivity contribution < 1.29 is 23.8 Å². The lowest BCUT2D eigenvalue weighted by molar-refractivity contribution is -0.112. The lowest BCUT2D eigenvalue weighted by Crippen LogP contribution is -2.16. The first-order chi connectivity index (χ1) is 16.4. The molecule has 34 heavy (non-hydrogen) atoms. The molecule has 0 spiro atoms. The van der Waals surface area contributed by atoms with Crippen LogP contribution in [0.1, 0.15) is 46.1 Å². The molecule has 3 rings (SSSR count). The molecule has 176 valence electrons. The number of hydrogen-bond acceptors (Lipinski definition) is 7. The van der Waals surface area contributed by atoms with Gasteiger partial charge in [0.2, 0.25) is 0 Å². The normalized spacial score (nSPS) is 12.7. The number of amides is 1. The summed E-state index contributed by atoms with van der Waals surface area (Å²) < 4.78 is 15.9. The summed E-state index contributed by atoms with van der Waals surface area (Å²) in [6.45, 7) is 1.96. The van der Waals surface area contributed by atoms with Gasteiger partial charge < -0.3 is 19.5 Å². The van der Waals surface area contributed by atoms with E-state index in [0.29, 0.717) is 21.9 Å². The van der Waals surface area contributed by atoms with E-state index in [0.717, 1.165) is 36.1 Å². The van der Waals surface area contributed by atoms with Crippen molar-refractivity contribution in [1.82, 2.24) is 0 Å². The molecule has 7 nitrogen and oxygen atoms in total. The molecule has 0 unspecified atom stereocenters. The predicted octanol–water partition coefficient (Wildman–Crippen LogP) is 5.02. The first kappa shape index (κ1) is 25.2. The van der Waals surface area contributed by atoms with Gasteiger partial charge in [0.25, 0.3) is 5.91 Å². The quantitative estimate of drug-likeness (QED) is 0.237. The molecule has 1 N–H and O–H groups in total. The lowest BCUT2D eigenvalue weighted by atomic mass is 9.95. The van der Waals surface area contributed by atoms with Crippen molar-refractivity contribution >= 4 is 45.9 Å². The largest absolute Gasteiger partial charge is 0.493 e. The molecule has 0 aliphatic heterocycles. The van der Waals surface area contributed by atoms with E-state index in [2.05, 4.69) is 11.2 Å². The maximum Gasteiger partial charge on any atom is 0.341 e. The highest BCUT2D eigenvalue weighted by Crippen LogP contribution is 2.39. The number of nitrogens with one attached hydrogen (secondary N) is 1. The minimum atomic E-state index is -0.644. The zero-order chi connectivity index (χ0) is 24.7. The summed E-state index contributed by atoms with van der Waals surface area (Å²) in [5, 5.41) is 13.0. The molecule has 1 aliphatic carbocycles. The van der Waals surface area contributed by atoms with Gasteiger partial charge in [-0.1, -0.05) is 17.5 Å². The van der Waals surface area contributed by atoms with E-state index in [9.17, 15) is 14.9 Å².